The van der Waals surface area contributed by atoms with E-state index in [-0.39, 0.29) is 0 Å². The predicted octanol–water partition coefficient (Wildman–Crippen LogP) is -0.0538. The maximum absolute atomic E-state index is 8.94. The van der Waals surface area contributed by atoms with E-state index in [9.17, 15) is 0 Å². The summed E-state index contributed by atoms with van der Waals surface area (Å²) in [6, 6.07) is 2.06. The van der Waals surface area contributed by atoms with Crippen LogP contribution in [0.25, 0.3) is 0 Å². The maximum atomic E-state index is 8.94. The fourth-order valence-electron chi connectivity index (χ4n) is 1.36. The number of hydrogen-bond donors (Lipinski definition) is 4. The molecule has 0 aliphatic rings. The van der Waals surface area contributed by atoms with E-state index >= 15 is 0 Å². The van der Waals surface area contributed by atoms with Gasteiger partial charge in [0.1, 0.15) is 11.6 Å². The molecule has 0 saturated carbocycles. The van der Waals surface area contributed by atoms with Gasteiger partial charge in [0.15, 0.2) is 5.69 Å². The molecule has 74 valence electrons. The number of nitrogen functional groups attached to an aromatic ring is 2. The number of quaternary nitrogens is 1. The van der Waals surface area contributed by atoms with Crippen LogP contribution in [0.3, 0.4) is 0 Å². The molecule has 0 aliphatic carbocycles. The molecule has 0 fully saturated rings. The summed E-state index contributed by atoms with van der Waals surface area (Å²) in [6.45, 7) is 1.80. The SMILES string of the molecule is CNc1c(N)c(N)c(C)c([NH3+])c1C#N. The Kier molecular flexibility index (Phi) is 2.49. The van der Waals surface area contributed by atoms with Gasteiger partial charge in [0, 0.05) is 12.6 Å². The quantitative estimate of drug-likeness (QED) is 0.467. The van der Waals surface area contributed by atoms with Crippen LogP contribution in [0, 0.1) is 18.3 Å². The summed E-state index contributed by atoms with van der Waals surface area (Å²) in [5, 5.41) is 11.8. The molecule has 0 spiro atoms. The minimum absolute atomic E-state index is 0.411. The van der Waals surface area contributed by atoms with Gasteiger partial charge in [0.2, 0.25) is 0 Å². The molecule has 0 saturated heterocycles. The van der Waals surface area contributed by atoms with Crippen molar-refractivity contribution in [3.63, 3.8) is 0 Å². The third-order valence-corrected chi connectivity index (χ3v) is 2.33. The normalized spacial score (nSPS) is 9.57. The van der Waals surface area contributed by atoms with Gasteiger partial charge in [-0.1, -0.05) is 0 Å². The highest BCUT2D eigenvalue weighted by atomic mass is 14.9. The van der Waals surface area contributed by atoms with E-state index in [0.29, 0.717) is 28.3 Å². The summed E-state index contributed by atoms with van der Waals surface area (Å²) in [7, 11) is 1.70. The minimum atomic E-state index is 0.411. The largest absolute Gasteiger partial charge is 0.397 e. The number of nitriles is 1. The van der Waals surface area contributed by atoms with Gasteiger partial charge in [-0.15, -0.1) is 0 Å². The Bertz CT molecular complexity index is 416. The first kappa shape index (κ1) is 10.2. The second-order valence-corrected chi connectivity index (χ2v) is 3.04. The Balaban J connectivity index is 3.68. The van der Waals surface area contributed by atoms with Crippen molar-refractivity contribution < 1.29 is 5.73 Å². The summed E-state index contributed by atoms with van der Waals surface area (Å²) in [6.07, 6.45) is 0. The summed E-state index contributed by atoms with van der Waals surface area (Å²) >= 11 is 0. The highest BCUT2D eigenvalue weighted by Gasteiger charge is 2.18. The Morgan fingerprint density at radius 3 is 2.36 bits per heavy atom. The number of rotatable bonds is 1. The number of nitrogens with two attached hydrogens (primary N) is 2. The van der Waals surface area contributed by atoms with Crippen molar-refractivity contribution in [1.29, 1.82) is 5.26 Å². The lowest BCUT2D eigenvalue weighted by Crippen LogP contribution is -2.42. The molecule has 0 amide bonds. The Morgan fingerprint density at radius 2 is 1.93 bits per heavy atom. The first-order chi connectivity index (χ1) is 6.54. The minimum Gasteiger partial charge on any atom is -0.397 e. The van der Waals surface area contributed by atoms with Crippen molar-refractivity contribution in [2.75, 3.05) is 23.8 Å². The zero-order chi connectivity index (χ0) is 10.9. The standard InChI is InChI=1S/C9H13N5/c1-4-6(11)5(3-10)9(14-2)8(13)7(4)12/h14H,11-13H2,1-2H3/p+1. The predicted molar refractivity (Wildman–Crippen MR) is 56.8 cm³/mol. The van der Waals surface area contributed by atoms with E-state index in [1.807, 2.05) is 0 Å². The van der Waals surface area contributed by atoms with Crippen LogP contribution in [0.15, 0.2) is 0 Å². The Morgan fingerprint density at radius 1 is 1.36 bits per heavy atom. The van der Waals surface area contributed by atoms with Gasteiger partial charge in [0.25, 0.3) is 0 Å². The molecule has 1 rings (SSSR count). The van der Waals surface area contributed by atoms with Gasteiger partial charge in [0.05, 0.1) is 17.1 Å². The molecule has 8 N–H and O–H groups in total. The van der Waals surface area contributed by atoms with Crippen molar-refractivity contribution in [3.05, 3.63) is 11.1 Å². The smallest absolute Gasteiger partial charge is 0.153 e. The fourth-order valence-corrected chi connectivity index (χ4v) is 1.36. The van der Waals surface area contributed by atoms with Gasteiger partial charge in [-0.2, -0.15) is 5.26 Å². The Labute approximate surface area is 82.5 Å². The molecule has 1 aromatic rings. The lowest BCUT2D eigenvalue weighted by molar-refractivity contribution is -0.255. The third kappa shape index (κ3) is 1.22. The number of nitrogens with one attached hydrogen (secondary N) is 1. The molecule has 0 aliphatic heterocycles. The zero-order valence-corrected chi connectivity index (χ0v) is 8.31. The highest BCUT2D eigenvalue weighted by molar-refractivity contribution is 5.90. The molecule has 0 unspecified atom stereocenters. The van der Waals surface area contributed by atoms with Crippen LogP contribution >= 0.6 is 0 Å². The molecule has 14 heavy (non-hydrogen) atoms. The van der Waals surface area contributed by atoms with Crippen molar-refractivity contribution in [2.24, 2.45) is 0 Å². The second kappa shape index (κ2) is 3.44. The highest BCUT2D eigenvalue weighted by Crippen LogP contribution is 2.36. The van der Waals surface area contributed by atoms with Crippen molar-refractivity contribution in [2.45, 2.75) is 6.92 Å². The summed E-state index contributed by atoms with van der Waals surface area (Å²) in [5.41, 5.74) is 18.6. The van der Waals surface area contributed by atoms with Crippen LogP contribution in [0.5, 0.6) is 0 Å². The number of benzene rings is 1. The van der Waals surface area contributed by atoms with Gasteiger partial charge in [-0.05, 0) is 6.92 Å². The third-order valence-electron chi connectivity index (χ3n) is 2.33. The first-order valence-electron chi connectivity index (χ1n) is 4.15. The molecular formula is C9H14N5+. The molecule has 0 bridgehead atoms. The number of anilines is 3. The average molecular weight is 192 g/mol. The van der Waals surface area contributed by atoms with Gasteiger partial charge in [-0.25, -0.2) is 0 Å². The van der Waals surface area contributed by atoms with Gasteiger partial charge < -0.3 is 22.5 Å². The maximum Gasteiger partial charge on any atom is 0.153 e. The van der Waals surface area contributed by atoms with Gasteiger partial charge in [-0.3, -0.25) is 0 Å². The first-order valence-corrected chi connectivity index (χ1v) is 4.15. The molecule has 0 heterocycles. The number of hydrogen-bond acceptors (Lipinski definition) is 4. The molecule has 5 heteroatoms. The lowest BCUT2D eigenvalue weighted by Gasteiger charge is -2.13. The zero-order valence-electron chi connectivity index (χ0n) is 8.31. The summed E-state index contributed by atoms with van der Waals surface area (Å²) in [5.74, 6) is 0. The second-order valence-electron chi connectivity index (χ2n) is 3.04. The van der Waals surface area contributed by atoms with Crippen LogP contribution in [0.2, 0.25) is 0 Å². The van der Waals surface area contributed by atoms with E-state index in [1.54, 1.807) is 14.0 Å². The van der Waals surface area contributed by atoms with Crippen molar-refractivity contribution in [3.8, 4) is 6.07 Å². The molecule has 0 aromatic heterocycles. The topological polar surface area (TPSA) is 116 Å². The molecule has 0 atom stereocenters. The van der Waals surface area contributed by atoms with Crippen LogP contribution < -0.4 is 22.5 Å². The van der Waals surface area contributed by atoms with E-state index in [2.05, 4.69) is 17.1 Å². The van der Waals surface area contributed by atoms with Crippen molar-refractivity contribution in [1.82, 2.24) is 0 Å². The fraction of sp³-hybridized carbons (Fsp3) is 0.222. The summed E-state index contributed by atoms with van der Waals surface area (Å²) < 4.78 is 0. The van der Waals surface area contributed by atoms with Crippen LogP contribution in [0.4, 0.5) is 22.7 Å². The molecule has 1 aromatic carbocycles. The van der Waals surface area contributed by atoms with Crippen LogP contribution in [-0.2, 0) is 0 Å². The van der Waals surface area contributed by atoms with Crippen LogP contribution in [-0.4, -0.2) is 7.05 Å². The lowest BCUT2D eigenvalue weighted by atomic mass is 10.0. The Hall–Kier alpha value is -1.93. The van der Waals surface area contributed by atoms with Crippen molar-refractivity contribution >= 4 is 22.7 Å². The van der Waals surface area contributed by atoms with Crippen LogP contribution in [0.1, 0.15) is 11.1 Å². The van der Waals surface area contributed by atoms with E-state index < -0.39 is 0 Å². The monoisotopic (exact) mass is 192 g/mol. The summed E-state index contributed by atoms with van der Waals surface area (Å²) in [4.78, 5) is 0. The molecule has 5 nitrogen and oxygen atoms in total. The number of nitrogens with zero attached hydrogens (tertiary/aromatic N) is 1. The van der Waals surface area contributed by atoms with E-state index in [4.69, 9.17) is 16.7 Å². The van der Waals surface area contributed by atoms with E-state index in [0.717, 1.165) is 5.56 Å². The average Bonchev–Trinajstić information content (AvgIpc) is 2.20. The molecule has 0 radical (unpaired) electrons. The van der Waals surface area contributed by atoms with E-state index in [1.165, 1.54) is 0 Å². The molecular weight excluding hydrogens is 178 g/mol. The van der Waals surface area contributed by atoms with Gasteiger partial charge >= 0.3 is 0 Å².